The Hall–Kier alpha value is -4.38. The minimum Gasteiger partial charge on any atom is -0.492 e. The van der Waals surface area contributed by atoms with Crippen molar-refractivity contribution in [1.82, 2.24) is 5.32 Å². The van der Waals surface area contributed by atoms with Gasteiger partial charge in [0, 0.05) is 24.4 Å². The van der Waals surface area contributed by atoms with Crippen LogP contribution in [0, 0.1) is 13.8 Å². The largest absolute Gasteiger partial charge is 0.492 e. The van der Waals surface area contributed by atoms with Crippen LogP contribution in [0.2, 0.25) is 0 Å². The number of hydrogen-bond donors (Lipinski definition) is 3. The highest BCUT2D eigenvalue weighted by atomic mass is 32.2. The van der Waals surface area contributed by atoms with Crippen molar-refractivity contribution in [2.45, 2.75) is 51.3 Å². The number of carbonyl (C=O) groups excluding carboxylic acids is 1. The second-order valence-electron chi connectivity index (χ2n) is 11.2. The SMILES string of the molecule is CCOC(=O)c1ccc(-c2cc(C)c(OCCN[C@@H](C)[C@H](O)c3ccc(OCc4ccccc4)c(S(C)(=O)=O)c3N)c(C)c2)cc1. The number of aliphatic hydroxyl groups is 1. The summed E-state index contributed by atoms with van der Waals surface area (Å²) in [5.74, 6) is 0.569. The van der Waals surface area contributed by atoms with Gasteiger partial charge in [0.2, 0.25) is 0 Å². The molecule has 10 heteroatoms. The zero-order valence-corrected chi connectivity index (χ0v) is 27.7. The summed E-state index contributed by atoms with van der Waals surface area (Å²) in [7, 11) is -3.76. The molecule has 9 nitrogen and oxygen atoms in total. The molecule has 0 saturated carbocycles. The van der Waals surface area contributed by atoms with Gasteiger partial charge in [0.1, 0.15) is 29.6 Å². The van der Waals surface area contributed by atoms with Crippen LogP contribution in [0.5, 0.6) is 11.5 Å². The van der Waals surface area contributed by atoms with E-state index in [-0.39, 0.29) is 28.9 Å². The molecule has 0 bridgehead atoms. The Balaban J connectivity index is 1.37. The molecule has 0 aliphatic carbocycles. The Morgan fingerprint density at radius 3 is 2.20 bits per heavy atom. The van der Waals surface area contributed by atoms with E-state index in [4.69, 9.17) is 19.9 Å². The monoisotopic (exact) mass is 646 g/mol. The van der Waals surface area contributed by atoms with Crippen LogP contribution in [0.4, 0.5) is 5.69 Å². The Labute approximate surface area is 271 Å². The number of nitrogen functional groups attached to an aromatic ring is 1. The third-order valence-corrected chi connectivity index (χ3v) is 8.76. The predicted octanol–water partition coefficient (Wildman–Crippen LogP) is 5.80. The molecule has 0 aliphatic rings. The molecule has 4 aromatic carbocycles. The van der Waals surface area contributed by atoms with Crippen LogP contribution in [0.25, 0.3) is 11.1 Å². The first-order valence-electron chi connectivity index (χ1n) is 15.1. The number of sulfone groups is 1. The molecular formula is C36H42N2O7S. The minimum atomic E-state index is -3.76. The molecule has 0 heterocycles. The number of aryl methyl sites for hydroxylation is 2. The Bertz CT molecular complexity index is 1730. The summed E-state index contributed by atoms with van der Waals surface area (Å²) >= 11 is 0. The summed E-state index contributed by atoms with van der Waals surface area (Å²) in [5.41, 5.74) is 11.9. The molecule has 0 saturated heterocycles. The number of nitrogens with one attached hydrogen (secondary N) is 1. The first kappa shape index (κ1) is 34.5. The second-order valence-corrected chi connectivity index (χ2v) is 13.2. The zero-order chi connectivity index (χ0) is 33.4. The van der Waals surface area contributed by atoms with Crippen molar-refractivity contribution in [2.75, 3.05) is 31.7 Å². The number of ether oxygens (including phenoxy) is 3. The molecule has 0 unspecified atom stereocenters. The van der Waals surface area contributed by atoms with Gasteiger partial charge in [0.05, 0.1) is 24.0 Å². The number of aliphatic hydroxyl groups excluding tert-OH is 1. The van der Waals surface area contributed by atoms with Crippen molar-refractivity contribution in [1.29, 1.82) is 0 Å². The maximum Gasteiger partial charge on any atom is 0.338 e. The van der Waals surface area contributed by atoms with E-state index in [1.165, 1.54) is 6.07 Å². The lowest BCUT2D eigenvalue weighted by atomic mass is 9.99. The molecule has 46 heavy (non-hydrogen) atoms. The van der Waals surface area contributed by atoms with Crippen molar-refractivity contribution in [2.24, 2.45) is 0 Å². The highest BCUT2D eigenvalue weighted by Gasteiger charge is 2.26. The molecule has 0 aromatic heterocycles. The van der Waals surface area contributed by atoms with Crippen LogP contribution in [0.15, 0.2) is 83.8 Å². The molecule has 4 N–H and O–H groups in total. The topological polar surface area (TPSA) is 137 Å². The van der Waals surface area contributed by atoms with Gasteiger partial charge < -0.3 is 30.4 Å². The molecular weight excluding hydrogens is 604 g/mol. The van der Waals surface area contributed by atoms with Gasteiger partial charge in [0.25, 0.3) is 0 Å². The molecule has 2 atom stereocenters. The van der Waals surface area contributed by atoms with E-state index < -0.39 is 22.0 Å². The second kappa shape index (κ2) is 15.3. The number of anilines is 1. The molecule has 0 radical (unpaired) electrons. The smallest absolute Gasteiger partial charge is 0.338 e. The lowest BCUT2D eigenvalue weighted by molar-refractivity contribution is 0.0526. The van der Waals surface area contributed by atoms with E-state index >= 15 is 0 Å². The third kappa shape index (κ3) is 8.45. The van der Waals surface area contributed by atoms with Crippen molar-refractivity contribution in [3.05, 3.63) is 107 Å². The summed E-state index contributed by atoms with van der Waals surface area (Å²) in [4.78, 5) is 11.8. The first-order valence-corrected chi connectivity index (χ1v) is 17.0. The highest BCUT2D eigenvalue weighted by Crippen LogP contribution is 2.36. The van der Waals surface area contributed by atoms with Crippen LogP contribution in [-0.4, -0.2) is 51.5 Å². The standard InChI is InChI=1S/C36H42N2O7S/c1-6-43-36(40)28-14-12-27(13-15-28)29-20-23(2)34(24(3)21-29)44-19-18-38-25(4)33(39)30-16-17-31(35(32(30)37)46(5,41)42)45-22-26-10-8-7-9-11-26/h7-17,20-21,25,33,38-39H,6,18-19,22,37H2,1-5H3/t25-,33-/m0/s1. The average Bonchev–Trinajstić information content (AvgIpc) is 3.02. The van der Waals surface area contributed by atoms with E-state index in [0.29, 0.717) is 30.9 Å². The molecule has 4 aromatic rings. The van der Waals surface area contributed by atoms with Crippen molar-refractivity contribution < 1.29 is 32.5 Å². The quantitative estimate of drug-likeness (QED) is 0.0882. The van der Waals surface area contributed by atoms with Gasteiger partial charge in [-0.2, -0.15) is 0 Å². The number of rotatable bonds is 14. The lowest BCUT2D eigenvalue weighted by Gasteiger charge is -2.24. The zero-order valence-electron chi connectivity index (χ0n) is 26.9. The third-order valence-electron chi connectivity index (χ3n) is 7.60. The summed E-state index contributed by atoms with van der Waals surface area (Å²) in [6.45, 7) is 8.79. The first-order chi connectivity index (χ1) is 21.9. The van der Waals surface area contributed by atoms with Crippen LogP contribution in [0.1, 0.15) is 52.6 Å². The predicted molar refractivity (Wildman–Crippen MR) is 180 cm³/mol. The molecule has 0 amide bonds. The number of benzene rings is 4. The molecule has 0 fully saturated rings. The minimum absolute atomic E-state index is 0.0349. The van der Waals surface area contributed by atoms with E-state index in [2.05, 4.69) is 5.32 Å². The van der Waals surface area contributed by atoms with Crippen LogP contribution < -0.4 is 20.5 Å². The van der Waals surface area contributed by atoms with Crippen molar-refractivity contribution >= 4 is 21.5 Å². The van der Waals surface area contributed by atoms with Crippen LogP contribution in [-0.2, 0) is 21.2 Å². The highest BCUT2D eigenvalue weighted by molar-refractivity contribution is 7.91. The molecule has 0 aliphatic heterocycles. The molecule has 244 valence electrons. The number of hydrogen-bond acceptors (Lipinski definition) is 9. The fourth-order valence-electron chi connectivity index (χ4n) is 5.26. The number of nitrogens with two attached hydrogens (primary N) is 1. The van der Waals surface area contributed by atoms with Crippen LogP contribution in [0.3, 0.4) is 0 Å². The van der Waals surface area contributed by atoms with Gasteiger partial charge >= 0.3 is 5.97 Å². The Morgan fingerprint density at radius 2 is 1.59 bits per heavy atom. The summed E-state index contributed by atoms with van der Waals surface area (Å²) in [6, 6.07) is 23.5. The maximum absolute atomic E-state index is 12.7. The van der Waals surface area contributed by atoms with E-state index in [1.54, 1.807) is 32.0 Å². The summed E-state index contributed by atoms with van der Waals surface area (Å²) < 4.78 is 42.4. The average molecular weight is 647 g/mol. The van der Waals surface area contributed by atoms with E-state index in [1.807, 2.05) is 68.4 Å². The Kier molecular flexibility index (Phi) is 11.4. The molecule has 4 rings (SSSR count). The van der Waals surface area contributed by atoms with E-state index in [0.717, 1.165) is 39.8 Å². The van der Waals surface area contributed by atoms with Crippen molar-refractivity contribution in [3.63, 3.8) is 0 Å². The lowest BCUT2D eigenvalue weighted by Crippen LogP contribution is -2.35. The Morgan fingerprint density at radius 1 is 0.935 bits per heavy atom. The van der Waals surface area contributed by atoms with Crippen LogP contribution >= 0.6 is 0 Å². The van der Waals surface area contributed by atoms with Gasteiger partial charge in [0.15, 0.2) is 9.84 Å². The summed E-state index contributed by atoms with van der Waals surface area (Å²) in [6.07, 6.45) is -0.0108. The van der Waals surface area contributed by atoms with Gasteiger partial charge in [-0.05, 0) is 85.8 Å². The van der Waals surface area contributed by atoms with Gasteiger partial charge in [-0.25, -0.2) is 13.2 Å². The fraction of sp³-hybridized carbons (Fsp3) is 0.306. The maximum atomic E-state index is 12.7. The fourth-order valence-corrected chi connectivity index (χ4v) is 6.27. The van der Waals surface area contributed by atoms with Gasteiger partial charge in [-0.15, -0.1) is 0 Å². The molecule has 0 spiro atoms. The van der Waals surface area contributed by atoms with Gasteiger partial charge in [-0.3, -0.25) is 0 Å². The number of carbonyl (C=O) groups is 1. The summed E-state index contributed by atoms with van der Waals surface area (Å²) in [5, 5.41) is 14.4. The normalized spacial score (nSPS) is 12.7. The van der Waals surface area contributed by atoms with Gasteiger partial charge in [-0.1, -0.05) is 48.5 Å². The van der Waals surface area contributed by atoms with E-state index in [9.17, 15) is 18.3 Å². The van der Waals surface area contributed by atoms with Crippen molar-refractivity contribution in [3.8, 4) is 22.6 Å². The number of esters is 1.